The summed E-state index contributed by atoms with van der Waals surface area (Å²) in [4.78, 5) is 25.2. The van der Waals surface area contributed by atoms with Gasteiger partial charge in [-0.2, -0.15) is 4.31 Å². The lowest BCUT2D eigenvalue weighted by atomic mass is 15.7. The van der Waals surface area contributed by atoms with Crippen molar-refractivity contribution in [1.29, 1.82) is 0 Å². The lowest BCUT2D eigenvalue weighted by Crippen LogP contribution is -1.82. The van der Waals surface area contributed by atoms with Crippen LogP contribution in [0, 0.1) is 0 Å². The van der Waals surface area contributed by atoms with E-state index in [-0.39, 0.29) is 0 Å². The quantitative estimate of drug-likeness (QED) is 0.252. The van der Waals surface area contributed by atoms with E-state index in [1.807, 2.05) is 0 Å². The number of hydrogen-bond acceptors (Lipinski definition) is 8. The van der Waals surface area contributed by atoms with Gasteiger partial charge >= 0.3 is 14.6 Å². The maximum atomic E-state index is 10.8. The Bertz CT molecular complexity index is 233. The third-order valence-corrected chi connectivity index (χ3v) is 12.2. The molecule has 0 aliphatic heterocycles. The van der Waals surface area contributed by atoms with Crippen LogP contribution in [0.15, 0.2) is 0 Å². The molecule has 0 aliphatic carbocycles. The van der Waals surface area contributed by atoms with Crippen molar-refractivity contribution in [3.05, 3.63) is 0 Å². The zero-order valence-corrected chi connectivity index (χ0v) is 11.5. The second kappa shape index (κ2) is 6.59. The molecular formula is H4O6P2S5. The zero-order valence-electron chi connectivity index (χ0n) is 5.54. The third kappa shape index (κ3) is 10.3. The molecule has 80 valence electrons. The molecule has 0 radical (unpaired) electrons. The lowest BCUT2D eigenvalue weighted by molar-refractivity contribution is 0.271. The molecule has 1 unspecified atom stereocenters. The Balaban J connectivity index is 3.95. The van der Waals surface area contributed by atoms with Crippen molar-refractivity contribution in [1.82, 2.24) is 0 Å². The maximum absolute atomic E-state index is 10.8. The SMILES string of the molecule is O=P(O)(O)OP(=O)(O)SSSSS. The van der Waals surface area contributed by atoms with Gasteiger partial charge in [0.15, 0.2) is 0 Å². The van der Waals surface area contributed by atoms with Crippen molar-refractivity contribution >= 4 is 66.2 Å². The summed E-state index contributed by atoms with van der Waals surface area (Å²) in [5.74, 6) is 0. The molecule has 0 aliphatic rings. The molecule has 1 atom stereocenters. The van der Waals surface area contributed by atoms with Crippen molar-refractivity contribution in [3.63, 3.8) is 0 Å². The van der Waals surface area contributed by atoms with Gasteiger partial charge in [0.25, 0.3) is 0 Å². The minimum Gasteiger partial charge on any atom is -0.316 e. The molecule has 0 spiro atoms. The fraction of sp³-hybridized carbons (Fsp3) is 0. The Morgan fingerprint density at radius 3 is 2.08 bits per heavy atom. The Morgan fingerprint density at radius 2 is 1.69 bits per heavy atom. The Labute approximate surface area is 93.9 Å². The molecule has 0 aromatic heterocycles. The van der Waals surface area contributed by atoms with Gasteiger partial charge in [0, 0.05) is 10.4 Å². The van der Waals surface area contributed by atoms with Crippen LogP contribution in [-0.2, 0) is 13.4 Å². The Hall–Kier alpha value is 2.05. The molecule has 0 aromatic rings. The molecule has 0 fully saturated rings. The number of phosphoric acid groups is 1. The zero-order chi connectivity index (χ0) is 10.5. The molecular weight excluding hydrogens is 318 g/mol. The smallest absolute Gasteiger partial charge is 0.316 e. The highest BCUT2D eigenvalue weighted by Gasteiger charge is 2.31. The summed E-state index contributed by atoms with van der Waals surface area (Å²) in [5.41, 5.74) is 0. The Kier molecular flexibility index (Phi) is 7.63. The van der Waals surface area contributed by atoms with Gasteiger partial charge in [-0.3, -0.25) is 0 Å². The van der Waals surface area contributed by atoms with Crippen LogP contribution in [0.25, 0.3) is 0 Å². The molecule has 0 saturated heterocycles. The van der Waals surface area contributed by atoms with E-state index in [4.69, 9.17) is 14.7 Å². The molecule has 0 saturated carbocycles. The van der Waals surface area contributed by atoms with Crippen LogP contribution in [0.2, 0.25) is 0 Å². The first-order valence-electron chi connectivity index (χ1n) is 2.20. The summed E-state index contributed by atoms with van der Waals surface area (Å²) < 4.78 is 24.7. The third-order valence-electron chi connectivity index (χ3n) is 0.392. The number of thiol groups is 1. The van der Waals surface area contributed by atoms with Gasteiger partial charge in [-0.25, -0.2) is 9.13 Å². The highest BCUT2D eigenvalue weighted by Crippen LogP contribution is 2.71. The molecule has 0 bridgehead atoms. The first kappa shape index (κ1) is 15.0. The minimum atomic E-state index is -4.92. The fourth-order valence-electron chi connectivity index (χ4n) is 0.211. The summed E-state index contributed by atoms with van der Waals surface area (Å²) in [6, 6.07) is 0. The molecule has 0 heterocycles. The molecule has 13 heavy (non-hydrogen) atoms. The molecule has 0 aromatic carbocycles. The van der Waals surface area contributed by atoms with Gasteiger partial charge in [-0.05, 0) is 29.5 Å². The summed E-state index contributed by atoms with van der Waals surface area (Å²) in [7, 11) is -1.65. The monoisotopic (exact) mass is 322 g/mol. The van der Waals surface area contributed by atoms with E-state index < -0.39 is 14.6 Å². The first-order chi connectivity index (χ1) is 5.77. The summed E-state index contributed by atoms with van der Waals surface area (Å²) >= 11 is 3.72. The second-order valence-corrected chi connectivity index (χ2v) is 12.7. The van der Waals surface area contributed by atoms with Crippen LogP contribution in [0.5, 0.6) is 0 Å². The molecule has 3 N–H and O–H groups in total. The van der Waals surface area contributed by atoms with Crippen molar-refractivity contribution in [2.75, 3.05) is 0 Å². The lowest BCUT2D eigenvalue weighted by Gasteiger charge is -2.09. The average molecular weight is 322 g/mol. The van der Waals surface area contributed by atoms with E-state index in [2.05, 4.69) is 16.0 Å². The van der Waals surface area contributed by atoms with Crippen molar-refractivity contribution in [3.8, 4) is 0 Å². The largest absolute Gasteiger partial charge is 0.477 e. The van der Waals surface area contributed by atoms with Gasteiger partial charge in [-0.15, -0.1) is 0 Å². The van der Waals surface area contributed by atoms with Crippen LogP contribution in [-0.4, -0.2) is 14.7 Å². The van der Waals surface area contributed by atoms with E-state index >= 15 is 0 Å². The fourth-order valence-corrected chi connectivity index (χ4v) is 12.2. The first-order valence-corrected chi connectivity index (χ1v) is 11.8. The normalized spacial score (nSPS) is 16.9. The van der Waals surface area contributed by atoms with Gasteiger partial charge in [-0.1, -0.05) is 11.7 Å². The van der Waals surface area contributed by atoms with E-state index in [0.29, 0.717) is 10.4 Å². The summed E-state index contributed by atoms with van der Waals surface area (Å²) in [5, 5.41) is 0. The predicted molar refractivity (Wildman–Crippen MR) is 62.3 cm³/mol. The van der Waals surface area contributed by atoms with Crippen LogP contribution >= 0.6 is 66.2 Å². The molecule has 0 rings (SSSR count). The van der Waals surface area contributed by atoms with E-state index in [9.17, 15) is 9.13 Å². The number of rotatable bonds is 6. The predicted octanol–water partition coefficient (Wildman–Crippen LogP) is 2.72. The number of hydrogen-bond donors (Lipinski definition) is 4. The Morgan fingerprint density at radius 1 is 1.15 bits per heavy atom. The summed E-state index contributed by atoms with van der Waals surface area (Å²) in [6.45, 7) is -4.30. The van der Waals surface area contributed by atoms with Crippen LogP contribution in [0.1, 0.15) is 0 Å². The van der Waals surface area contributed by atoms with E-state index in [1.165, 1.54) is 0 Å². The van der Waals surface area contributed by atoms with Crippen molar-refractivity contribution in [2.45, 2.75) is 0 Å². The molecule has 13 heteroatoms. The summed E-state index contributed by atoms with van der Waals surface area (Å²) in [6.07, 6.45) is 0. The van der Waals surface area contributed by atoms with Gasteiger partial charge in [0.2, 0.25) is 0 Å². The van der Waals surface area contributed by atoms with Crippen LogP contribution in [0.4, 0.5) is 0 Å². The van der Waals surface area contributed by atoms with Crippen LogP contribution in [0.3, 0.4) is 0 Å². The minimum absolute atomic E-state index is 0.337. The van der Waals surface area contributed by atoms with Gasteiger partial charge in [0.1, 0.15) is 0 Å². The van der Waals surface area contributed by atoms with E-state index in [0.717, 1.165) is 29.5 Å². The van der Waals surface area contributed by atoms with E-state index in [1.54, 1.807) is 0 Å². The van der Waals surface area contributed by atoms with Crippen LogP contribution < -0.4 is 0 Å². The average Bonchev–Trinajstić information content (AvgIpc) is 1.81. The highest BCUT2D eigenvalue weighted by atomic mass is 33.8. The van der Waals surface area contributed by atoms with Gasteiger partial charge < -0.3 is 14.7 Å². The standard InChI is InChI=1S/H4O6P2S5/c1-7(2,3)6-8(4,5)10-12-13-11-9/h9H,(H,4,5)(H2,1,2,3). The van der Waals surface area contributed by atoms with Gasteiger partial charge in [0.05, 0.1) is 0 Å². The highest BCUT2D eigenvalue weighted by molar-refractivity contribution is 9.38. The molecule has 0 amide bonds. The van der Waals surface area contributed by atoms with Crippen molar-refractivity contribution < 1.29 is 28.1 Å². The maximum Gasteiger partial charge on any atom is 0.477 e. The van der Waals surface area contributed by atoms with Crippen molar-refractivity contribution in [2.24, 2.45) is 0 Å². The topological polar surface area (TPSA) is 104 Å². The molecule has 6 nitrogen and oxygen atoms in total. The second-order valence-electron chi connectivity index (χ2n) is 1.33.